The fraction of sp³-hybridized carbons (Fsp3) is 0.375. The molecule has 3 aromatic carbocycles. The van der Waals surface area contributed by atoms with E-state index in [1.165, 1.54) is 57.6 Å². The van der Waals surface area contributed by atoms with Gasteiger partial charge in [-0.15, -0.1) is 5.10 Å². The molecule has 1 aliphatic heterocycles. The molecule has 4 nitrogen and oxygen atoms in total. The molecule has 0 bridgehead atoms. The van der Waals surface area contributed by atoms with Crippen molar-refractivity contribution in [2.75, 3.05) is 18.0 Å². The summed E-state index contributed by atoms with van der Waals surface area (Å²) in [6.45, 7) is 11.5. The maximum Gasteiger partial charge on any atom is 0.121 e. The predicted octanol–water partition coefficient (Wildman–Crippen LogP) is 7.55. The molecule has 0 spiro atoms. The van der Waals surface area contributed by atoms with Crippen LogP contribution in [0.2, 0.25) is 0 Å². The highest BCUT2D eigenvalue weighted by Crippen LogP contribution is 2.42. The van der Waals surface area contributed by atoms with Gasteiger partial charge in [0, 0.05) is 29.9 Å². The Morgan fingerprint density at radius 1 is 0.722 bits per heavy atom. The third kappa shape index (κ3) is 3.84. The van der Waals surface area contributed by atoms with Gasteiger partial charge in [0.2, 0.25) is 0 Å². The van der Waals surface area contributed by atoms with Crippen LogP contribution in [0.25, 0.3) is 28.2 Å². The molecule has 6 rings (SSSR count). The zero-order chi connectivity index (χ0) is 24.8. The highest BCUT2D eigenvalue weighted by atomic mass is 15.4. The molecule has 0 unspecified atom stereocenters. The Balaban J connectivity index is 1.66. The topological polar surface area (TPSA) is 34.0 Å². The van der Waals surface area contributed by atoms with E-state index in [2.05, 4.69) is 97.9 Å². The summed E-state index contributed by atoms with van der Waals surface area (Å²) in [7, 11) is 0. The van der Waals surface area contributed by atoms with E-state index < -0.39 is 0 Å². The zero-order valence-electron chi connectivity index (χ0n) is 22.0. The van der Waals surface area contributed by atoms with Gasteiger partial charge in [-0.3, -0.25) is 0 Å². The first-order valence-corrected chi connectivity index (χ1v) is 13.6. The molecule has 0 radical (unpaired) electrons. The first-order chi connectivity index (χ1) is 17.5. The van der Waals surface area contributed by atoms with Gasteiger partial charge in [0.1, 0.15) is 11.4 Å². The van der Waals surface area contributed by atoms with Crippen molar-refractivity contribution in [2.24, 2.45) is 0 Å². The van der Waals surface area contributed by atoms with Crippen molar-refractivity contribution in [2.45, 2.75) is 65.2 Å². The van der Waals surface area contributed by atoms with Crippen molar-refractivity contribution >= 4 is 5.69 Å². The molecule has 1 fully saturated rings. The highest BCUT2D eigenvalue weighted by Gasteiger charge is 2.28. The number of aromatic nitrogens is 3. The number of fused-ring (bicyclic) bond motifs is 5. The normalized spacial score (nSPS) is 15.0. The molecule has 36 heavy (non-hydrogen) atoms. The zero-order valence-corrected chi connectivity index (χ0v) is 22.0. The molecule has 0 N–H and O–H groups in total. The lowest BCUT2D eigenvalue weighted by molar-refractivity contribution is 0.744. The van der Waals surface area contributed by atoms with Crippen LogP contribution in [0.15, 0.2) is 60.7 Å². The molecule has 1 saturated heterocycles. The maximum atomic E-state index is 4.92. The van der Waals surface area contributed by atoms with E-state index >= 15 is 0 Å². The SMILES string of the molecule is CC(C)c1cc(N2CCCC2)cc(C(C)C)c1-n1nnc2c1-c1ccccc1CCc1ccccc1-2. The molecule has 2 aliphatic rings. The third-order valence-corrected chi connectivity index (χ3v) is 7.96. The average Bonchev–Trinajstić information content (AvgIpc) is 3.56. The Labute approximate surface area is 215 Å². The highest BCUT2D eigenvalue weighted by molar-refractivity contribution is 5.84. The molecule has 0 amide bonds. The maximum absolute atomic E-state index is 4.92. The average molecular weight is 477 g/mol. The Morgan fingerprint density at radius 3 is 1.89 bits per heavy atom. The van der Waals surface area contributed by atoms with Crippen molar-refractivity contribution in [1.29, 1.82) is 0 Å². The van der Waals surface area contributed by atoms with Gasteiger partial charge < -0.3 is 4.90 Å². The fourth-order valence-corrected chi connectivity index (χ4v) is 6.02. The van der Waals surface area contributed by atoms with Gasteiger partial charge in [-0.05, 0) is 71.9 Å². The van der Waals surface area contributed by atoms with Crippen LogP contribution < -0.4 is 4.90 Å². The second-order valence-corrected chi connectivity index (χ2v) is 11.0. The number of nitrogens with zero attached hydrogens (tertiary/aromatic N) is 4. The molecule has 184 valence electrons. The molecule has 1 aromatic heterocycles. The Morgan fingerprint density at radius 2 is 1.28 bits per heavy atom. The molecular weight excluding hydrogens is 440 g/mol. The van der Waals surface area contributed by atoms with E-state index in [1.807, 2.05) is 0 Å². The van der Waals surface area contributed by atoms with Gasteiger partial charge in [0.15, 0.2) is 0 Å². The summed E-state index contributed by atoms with van der Waals surface area (Å²) in [5.41, 5.74) is 12.6. The lowest BCUT2D eigenvalue weighted by atomic mass is 9.88. The predicted molar refractivity (Wildman–Crippen MR) is 149 cm³/mol. The fourth-order valence-electron chi connectivity index (χ4n) is 6.02. The van der Waals surface area contributed by atoms with E-state index in [0.29, 0.717) is 11.8 Å². The summed E-state index contributed by atoms with van der Waals surface area (Å²) in [4.78, 5) is 2.55. The lowest BCUT2D eigenvalue weighted by Crippen LogP contribution is -2.20. The van der Waals surface area contributed by atoms with Crippen LogP contribution in [-0.4, -0.2) is 28.1 Å². The second kappa shape index (κ2) is 9.24. The summed E-state index contributed by atoms with van der Waals surface area (Å²) >= 11 is 0. The molecule has 0 atom stereocenters. The van der Waals surface area contributed by atoms with Gasteiger partial charge in [0.25, 0.3) is 0 Å². The largest absolute Gasteiger partial charge is 0.372 e. The molecule has 0 saturated carbocycles. The monoisotopic (exact) mass is 476 g/mol. The number of rotatable bonds is 4. The molecular formula is C32H36N4. The summed E-state index contributed by atoms with van der Waals surface area (Å²) in [5.74, 6) is 0.743. The van der Waals surface area contributed by atoms with E-state index in [-0.39, 0.29) is 0 Å². The van der Waals surface area contributed by atoms with Gasteiger partial charge in [-0.2, -0.15) is 0 Å². The number of benzene rings is 3. The van der Waals surface area contributed by atoms with Crippen LogP contribution in [0.4, 0.5) is 5.69 Å². The number of aryl methyl sites for hydroxylation is 2. The molecule has 1 aliphatic carbocycles. The summed E-state index contributed by atoms with van der Waals surface area (Å²) in [6.07, 6.45) is 4.59. The molecule has 2 heterocycles. The van der Waals surface area contributed by atoms with Crippen molar-refractivity contribution in [3.05, 3.63) is 82.9 Å². The minimum atomic E-state index is 0.371. The third-order valence-electron chi connectivity index (χ3n) is 7.96. The second-order valence-electron chi connectivity index (χ2n) is 11.0. The van der Waals surface area contributed by atoms with Crippen molar-refractivity contribution in [3.63, 3.8) is 0 Å². The molecule has 4 aromatic rings. The van der Waals surface area contributed by atoms with Gasteiger partial charge in [-0.25, -0.2) is 4.68 Å². The smallest absolute Gasteiger partial charge is 0.121 e. The first kappa shape index (κ1) is 23.0. The lowest BCUT2D eigenvalue weighted by Gasteiger charge is -2.26. The Hall–Kier alpha value is -3.40. The van der Waals surface area contributed by atoms with E-state index in [0.717, 1.165) is 37.3 Å². The Bertz CT molecular complexity index is 1380. The van der Waals surface area contributed by atoms with Gasteiger partial charge in [-0.1, -0.05) is 81.4 Å². The summed E-state index contributed by atoms with van der Waals surface area (Å²) in [6, 6.07) is 22.4. The Kier molecular flexibility index (Phi) is 5.91. The molecule has 4 heteroatoms. The van der Waals surface area contributed by atoms with Crippen molar-refractivity contribution < 1.29 is 0 Å². The van der Waals surface area contributed by atoms with Crippen LogP contribution in [-0.2, 0) is 12.8 Å². The number of anilines is 1. The van der Waals surface area contributed by atoms with Crippen molar-refractivity contribution in [3.8, 4) is 28.2 Å². The van der Waals surface area contributed by atoms with E-state index in [9.17, 15) is 0 Å². The van der Waals surface area contributed by atoms with Crippen LogP contribution in [0.3, 0.4) is 0 Å². The first-order valence-electron chi connectivity index (χ1n) is 13.6. The number of hydrogen-bond acceptors (Lipinski definition) is 3. The summed E-state index contributed by atoms with van der Waals surface area (Å²) in [5, 5.41) is 9.79. The van der Waals surface area contributed by atoms with E-state index in [1.54, 1.807) is 0 Å². The van der Waals surface area contributed by atoms with Crippen LogP contribution in [0, 0.1) is 0 Å². The quantitative estimate of drug-likeness (QED) is 0.305. The van der Waals surface area contributed by atoms with Gasteiger partial charge in [0.05, 0.1) is 5.69 Å². The number of hydrogen-bond donors (Lipinski definition) is 0. The van der Waals surface area contributed by atoms with Crippen LogP contribution in [0.1, 0.15) is 74.6 Å². The van der Waals surface area contributed by atoms with Crippen molar-refractivity contribution in [1.82, 2.24) is 15.0 Å². The minimum absolute atomic E-state index is 0.371. The summed E-state index contributed by atoms with van der Waals surface area (Å²) < 4.78 is 2.18. The van der Waals surface area contributed by atoms with E-state index in [4.69, 9.17) is 10.3 Å². The van der Waals surface area contributed by atoms with Gasteiger partial charge >= 0.3 is 0 Å². The van der Waals surface area contributed by atoms with Crippen LogP contribution in [0.5, 0.6) is 0 Å². The standard InChI is InChI=1S/C32H36N4/c1-21(2)28-19-25(35-17-9-10-18-35)20-29(22(3)4)31(28)36-32-27-14-8-6-12-24(27)16-15-23-11-5-7-13-26(23)30(32)33-34-36/h5-8,11-14,19-22H,9-10,15-18H2,1-4H3. The van der Waals surface area contributed by atoms with Crippen LogP contribution >= 0.6 is 0 Å². The minimum Gasteiger partial charge on any atom is -0.372 e.